The Morgan fingerprint density at radius 2 is 0.925 bits per heavy atom. The third kappa shape index (κ3) is 5.22. The average molecular weight is 694 g/mol. The van der Waals surface area contributed by atoms with Gasteiger partial charge < -0.3 is 0 Å². The Hall–Kier alpha value is -6.49. The number of nitrogens with zero attached hydrogens (tertiary/aromatic N) is 3. The van der Waals surface area contributed by atoms with Crippen molar-refractivity contribution in [3.8, 4) is 67.5 Å². The Bertz CT molecular complexity index is 2850. The van der Waals surface area contributed by atoms with E-state index < -0.39 is 8.07 Å². The van der Waals surface area contributed by atoms with Gasteiger partial charge in [-0.25, -0.2) is 15.0 Å². The first-order chi connectivity index (χ1) is 26.0. The molecule has 9 aromatic rings. The van der Waals surface area contributed by atoms with Crippen LogP contribution in [-0.4, -0.2) is 23.0 Å². The van der Waals surface area contributed by atoms with Gasteiger partial charge >= 0.3 is 0 Å². The van der Waals surface area contributed by atoms with Gasteiger partial charge in [-0.1, -0.05) is 183 Å². The number of hydrogen-bond acceptors (Lipinski definition) is 3. The van der Waals surface area contributed by atoms with Crippen LogP contribution in [0, 0.1) is 0 Å². The van der Waals surface area contributed by atoms with Crippen LogP contribution >= 0.6 is 0 Å². The fourth-order valence-corrected chi connectivity index (χ4v) is 11.8. The minimum Gasteiger partial charge on any atom is -0.208 e. The van der Waals surface area contributed by atoms with Gasteiger partial charge in [-0.15, -0.1) is 0 Å². The molecule has 0 spiro atoms. The lowest BCUT2D eigenvalue weighted by atomic mass is 9.96. The first-order valence-electron chi connectivity index (χ1n) is 18.2. The van der Waals surface area contributed by atoms with Crippen molar-refractivity contribution in [3.63, 3.8) is 0 Å². The maximum absolute atomic E-state index is 5.29. The second kappa shape index (κ2) is 12.3. The van der Waals surface area contributed by atoms with Crippen LogP contribution in [0.2, 0.25) is 13.1 Å². The predicted molar refractivity (Wildman–Crippen MR) is 224 cm³/mol. The largest absolute Gasteiger partial charge is 0.208 e. The van der Waals surface area contributed by atoms with Crippen molar-refractivity contribution in [1.82, 2.24) is 15.0 Å². The molecule has 1 aliphatic heterocycles. The van der Waals surface area contributed by atoms with E-state index in [1.54, 1.807) is 0 Å². The van der Waals surface area contributed by atoms with Gasteiger partial charge in [0.15, 0.2) is 17.5 Å². The van der Waals surface area contributed by atoms with E-state index in [9.17, 15) is 0 Å². The van der Waals surface area contributed by atoms with Crippen molar-refractivity contribution in [2.75, 3.05) is 0 Å². The van der Waals surface area contributed by atoms with Crippen LogP contribution in [0.3, 0.4) is 0 Å². The van der Waals surface area contributed by atoms with Crippen LogP contribution in [0.15, 0.2) is 176 Å². The van der Waals surface area contributed by atoms with Gasteiger partial charge in [0, 0.05) is 16.7 Å². The molecule has 8 aromatic carbocycles. The Labute approximate surface area is 310 Å². The first kappa shape index (κ1) is 31.3. The summed E-state index contributed by atoms with van der Waals surface area (Å²) in [5.41, 5.74) is 10.2. The van der Waals surface area contributed by atoms with Crippen molar-refractivity contribution in [2.45, 2.75) is 13.1 Å². The molecule has 4 heteroatoms. The molecule has 0 amide bonds. The zero-order valence-electron chi connectivity index (χ0n) is 29.6. The molecule has 250 valence electrons. The van der Waals surface area contributed by atoms with Gasteiger partial charge in [0.25, 0.3) is 0 Å². The maximum Gasteiger partial charge on any atom is 0.164 e. The monoisotopic (exact) mass is 693 g/mol. The van der Waals surface area contributed by atoms with Crippen LogP contribution in [0.1, 0.15) is 0 Å². The average Bonchev–Trinajstić information content (AvgIpc) is 3.47. The zero-order chi connectivity index (χ0) is 35.5. The van der Waals surface area contributed by atoms with E-state index in [0.717, 1.165) is 33.4 Å². The molecule has 0 saturated carbocycles. The van der Waals surface area contributed by atoms with Gasteiger partial charge in [0.1, 0.15) is 8.07 Å². The van der Waals surface area contributed by atoms with E-state index in [2.05, 4.69) is 183 Å². The molecule has 10 rings (SSSR count). The molecule has 0 fully saturated rings. The zero-order valence-corrected chi connectivity index (χ0v) is 30.6. The van der Waals surface area contributed by atoms with E-state index in [1.807, 2.05) is 6.07 Å². The van der Waals surface area contributed by atoms with Crippen molar-refractivity contribution < 1.29 is 0 Å². The molecule has 0 N–H and O–H groups in total. The summed E-state index contributed by atoms with van der Waals surface area (Å²) >= 11 is 0. The molecule has 0 radical (unpaired) electrons. The van der Waals surface area contributed by atoms with Crippen LogP contribution in [0.4, 0.5) is 0 Å². The fraction of sp³-hybridized carbons (Fsp3) is 0.0408. The number of hydrogen-bond donors (Lipinski definition) is 0. The molecule has 0 saturated heterocycles. The molecule has 0 atom stereocenters. The Balaban J connectivity index is 1.16. The molecule has 1 aliphatic rings. The highest BCUT2D eigenvalue weighted by molar-refractivity contribution is 7.05. The van der Waals surface area contributed by atoms with E-state index in [4.69, 9.17) is 15.0 Å². The van der Waals surface area contributed by atoms with Gasteiger partial charge in [0.05, 0.1) is 0 Å². The molecule has 53 heavy (non-hydrogen) atoms. The van der Waals surface area contributed by atoms with E-state index in [0.29, 0.717) is 17.5 Å². The number of rotatable bonds is 5. The van der Waals surface area contributed by atoms with Crippen LogP contribution in [0.25, 0.3) is 89.1 Å². The number of fused-ring (bicyclic) bond motifs is 6. The van der Waals surface area contributed by atoms with Crippen molar-refractivity contribution >= 4 is 40.0 Å². The molecule has 2 heterocycles. The summed E-state index contributed by atoms with van der Waals surface area (Å²) in [6.45, 7) is 4.95. The Kier molecular flexibility index (Phi) is 7.27. The highest BCUT2D eigenvalue weighted by Crippen LogP contribution is 2.39. The quantitative estimate of drug-likeness (QED) is 0.168. The van der Waals surface area contributed by atoms with Crippen molar-refractivity contribution in [3.05, 3.63) is 176 Å². The topological polar surface area (TPSA) is 38.7 Å². The Morgan fingerprint density at radius 1 is 0.358 bits per heavy atom. The fourth-order valence-electron chi connectivity index (χ4n) is 8.34. The van der Waals surface area contributed by atoms with Gasteiger partial charge in [0.2, 0.25) is 0 Å². The minimum absolute atomic E-state index is 0.658. The minimum atomic E-state index is -2.04. The third-order valence-corrected chi connectivity index (χ3v) is 14.5. The van der Waals surface area contributed by atoms with E-state index >= 15 is 0 Å². The summed E-state index contributed by atoms with van der Waals surface area (Å²) < 4.78 is 0. The van der Waals surface area contributed by atoms with Gasteiger partial charge in [-0.05, 0) is 71.4 Å². The summed E-state index contributed by atoms with van der Waals surface area (Å²) in [4.78, 5) is 15.8. The number of aromatic nitrogens is 3. The van der Waals surface area contributed by atoms with Crippen LogP contribution in [0.5, 0.6) is 0 Å². The van der Waals surface area contributed by atoms with E-state index in [1.165, 1.54) is 48.6 Å². The van der Waals surface area contributed by atoms with Crippen molar-refractivity contribution in [2.24, 2.45) is 0 Å². The van der Waals surface area contributed by atoms with Crippen molar-refractivity contribution in [1.29, 1.82) is 0 Å². The van der Waals surface area contributed by atoms with Gasteiger partial charge in [-0.3, -0.25) is 0 Å². The van der Waals surface area contributed by atoms with Crippen LogP contribution in [-0.2, 0) is 0 Å². The van der Waals surface area contributed by atoms with Gasteiger partial charge in [-0.2, -0.15) is 0 Å². The number of benzene rings is 8. The Morgan fingerprint density at radius 3 is 1.74 bits per heavy atom. The summed E-state index contributed by atoms with van der Waals surface area (Å²) in [5.74, 6) is 2.01. The van der Waals surface area contributed by atoms with E-state index in [-0.39, 0.29) is 0 Å². The second-order valence-corrected chi connectivity index (χ2v) is 18.7. The molecule has 0 unspecified atom stereocenters. The lowest BCUT2D eigenvalue weighted by Crippen LogP contribution is -2.49. The molecule has 0 aliphatic carbocycles. The first-order valence-corrected chi connectivity index (χ1v) is 21.2. The lowest BCUT2D eigenvalue weighted by molar-refractivity contribution is 1.07. The summed E-state index contributed by atoms with van der Waals surface area (Å²) in [5, 5.41) is 8.03. The summed E-state index contributed by atoms with van der Waals surface area (Å²) in [6.07, 6.45) is 0. The highest BCUT2D eigenvalue weighted by atomic mass is 28.3. The SMILES string of the molecule is C[Si]1(C)c2cccc(-c3nc(-c4ccc(-c5cccc6ccccc56)cc4)nc(-c4cccc(-c5ccccc5)c4)n3)c2-c2ccc3ccccc3c21. The normalized spacial score (nSPS) is 12.9. The molecular formula is C49H35N3Si. The smallest absolute Gasteiger partial charge is 0.164 e. The second-order valence-electron chi connectivity index (χ2n) is 14.4. The summed E-state index contributed by atoms with van der Waals surface area (Å²) in [7, 11) is -2.04. The summed E-state index contributed by atoms with van der Waals surface area (Å²) in [6, 6.07) is 62.8. The third-order valence-electron chi connectivity index (χ3n) is 10.9. The van der Waals surface area contributed by atoms with Crippen LogP contribution < -0.4 is 10.4 Å². The molecule has 0 bridgehead atoms. The molecule has 3 nitrogen and oxygen atoms in total. The predicted octanol–water partition coefficient (Wildman–Crippen LogP) is 11.3. The maximum atomic E-state index is 5.29. The molecular weight excluding hydrogens is 659 g/mol. The highest BCUT2D eigenvalue weighted by Gasteiger charge is 2.40. The molecule has 1 aromatic heterocycles. The lowest BCUT2D eigenvalue weighted by Gasteiger charge is -2.20. The standard InChI is InChI=1S/C49H35N3Si/c1-53(2)44-24-12-23-43(45(44)42-30-29-34-16-7-9-21-41(34)46(42)53)49-51-47(50-48(52-49)38-19-10-18-37(31-38)32-13-4-3-5-14-32)36-27-25-35(26-28-36)40-22-11-17-33-15-6-8-20-39(33)40/h3-31H,1-2H3.